The molecule has 5 aromatic rings. The van der Waals surface area contributed by atoms with Crippen LogP contribution in [0.3, 0.4) is 0 Å². The lowest BCUT2D eigenvalue weighted by Gasteiger charge is -1.99. The molecule has 0 aliphatic rings. The molecule has 144 valence electrons. The predicted octanol–water partition coefficient (Wildman–Crippen LogP) is 2.30. The Bertz CT molecular complexity index is 1420. The van der Waals surface area contributed by atoms with Crippen LogP contribution in [0.5, 0.6) is 0 Å². The van der Waals surface area contributed by atoms with Crippen molar-refractivity contribution in [2.24, 2.45) is 5.10 Å². The first-order valence-corrected chi connectivity index (χ1v) is 9.93. The first-order chi connectivity index (χ1) is 14.3. The van der Waals surface area contributed by atoms with Crippen molar-refractivity contribution in [3.63, 3.8) is 0 Å². The Labute approximate surface area is 168 Å². The highest BCUT2D eigenvalue weighted by molar-refractivity contribution is 7.11. The molecule has 4 heterocycles. The number of ether oxygens (including phenoxy) is 1. The van der Waals surface area contributed by atoms with E-state index in [1.54, 1.807) is 40.2 Å². The van der Waals surface area contributed by atoms with Crippen molar-refractivity contribution >= 4 is 50.8 Å². The minimum absolute atomic E-state index is 0.157. The third kappa shape index (κ3) is 3.00. The topological polar surface area (TPSA) is 88.4 Å². The summed E-state index contributed by atoms with van der Waals surface area (Å²) in [5.41, 5.74) is 2.93. The van der Waals surface area contributed by atoms with Crippen LogP contribution in [0, 0.1) is 0 Å². The molecule has 4 aromatic heterocycles. The molecule has 0 aliphatic carbocycles. The number of nitrogens with one attached hydrogen (secondary N) is 1. The Morgan fingerprint density at radius 3 is 2.79 bits per heavy atom. The van der Waals surface area contributed by atoms with Crippen molar-refractivity contribution in [1.29, 1.82) is 0 Å². The van der Waals surface area contributed by atoms with Crippen molar-refractivity contribution in [1.82, 2.24) is 19.2 Å². The molecule has 1 N–H and O–H groups in total. The van der Waals surface area contributed by atoms with Crippen molar-refractivity contribution in [3.05, 3.63) is 63.3 Å². The second-order valence-corrected chi connectivity index (χ2v) is 7.42. The van der Waals surface area contributed by atoms with Crippen LogP contribution in [0.4, 0.5) is 0 Å². The standard InChI is InChI=1S/C20H16N6O2S/c1-28-9-8-25-12-21-18-16(20(25)27)17-19(24-15-7-3-2-6-14(15)23-17)26(18)22-11-13-5-4-10-29-13/h2-7,10-12H,8-9H2,1H3/p+1/b22-11+. The minimum Gasteiger partial charge on any atom is -0.381 e. The number of benzene rings is 1. The number of hydrogen-bond donors (Lipinski definition) is 0. The fraction of sp³-hybridized carbons (Fsp3) is 0.150. The Kier molecular flexibility index (Phi) is 4.38. The number of thiophene rings is 1. The van der Waals surface area contributed by atoms with E-state index >= 15 is 0 Å². The maximum absolute atomic E-state index is 13.2. The number of para-hydroxylation sites is 2. The molecular formula is C20H17N6O2S+. The number of nitrogens with zero attached hydrogens (tertiary/aromatic N) is 5. The molecule has 0 atom stereocenters. The van der Waals surface area contributed by atoms with Crippen LogP contribution < -0.4 is 10.5 Å². The lowest BCUT2D eigenvalue weighted by Crippen LogP contribution is -2.28. The molecule has 0 amide bonds. The SMILES string of the molecule is COCCn1c[nH+]c2c(c1=O)c1nc3ccccc3nc1n2/N=C/c1cccs1. The van der Waals surface area contributed by atoms with Gasteiger partial charge in [-0.2, -0.15) is 0 Å². The third-order valence-corrected chi connectivity index (χ3v) is 5.46. The number of rotatable bonds is 5. The van der Waals surface area contributed by atoms with Crippen LogP contribution in [0.2, 0.25) is 0 Å². The van der Waals surface area contributed by atoms with Gasteiger partial charge < -0.3 is 4.74 Å². The molecule has 0 saturated heterocycles. The number of H-pyrrole nitrogens is 1. The van der Waals surface area contributed by atoms with Gasteiger partial charge in [0.05, 0.1) is 30.4 Å². The molecule has 29 heavy (non-hydrogen) atoms. The molecule has 1 aromatic carbocycles. The van der Waals surface area contributed by atoms with E-state index in [9.17, 15) is 4.79 Å². The summed E-state index contributed by atoms with van der Waals surface area (Å²) in [5.74, 6) is 0. The first kappa shape index (κ1) is 17.7. The van der Waals surface area contributed by atoms with Gasteiger partial charge in [0, 0.05) is 12.0 Å². The minimum atomic E-state index is -0.157. The summed E-state index contributed by atoms with van der Waals surface area (Å²) in [6, 6.07) is 11.5. The van der Waals surface area contributed by atoms with Gasteiger partial charge in [-0.25, -0.2) is 24.3 Å². The van der Waals surface area contributed by atoms with Crippen LogP contribution >= 0.6 is 11.3 Å². The maximum Gasteiger partial charge on any atom is 0.322 e. The highest BCUT2D eigenvalue weighted by Gasteiger charge is 2.24. The molecule has 5 rings (SSSR count). The molecule has 9 heteroatoms. The van der Waals surface area contributed by atoms with E-state index in [1.165, 1.54) is 0 Å². The second kappa shape index (κ2) is 7.19. The molecule has 0 radical (unpaired) electrons. The van der Waals surface area contributed by atoms with Gasteiger partial charge in [0.15, 0.2) is 11.7 Å². The van der Waals surface area contributed by atoms with E-state index in [0.717, 1.165) is 15.9 Å². The Morgan fingerprint density at radius 2 is 2.03 bits per heavy atom. The van der Waals surface area contributed by atoms with E-state index < -0.39 is 0 Å². The summed E-state index contributed by atoms with van der Waals surface area (Å²) in [6.45, 7) is 0.872. The molecular weight excluding hydrogens is 388 g/mol. The average molecular weight is 405 g/mol. The van der Waals surface area contributed by atoms with Crippen molar-refractivity contribution in [3.8, 4) is 0 Å². The van der Waals surface area contributed by atoms with Crippen LogP contribution in [-0.2, 0) is 11.3 Å². The zero-order valence-electron chi connectivity index (χ0n) is 15.6. The van der Waals surface area contributed by atoms with Crippen LogP contribution in [0.1, 0.15) is 4.88 Å². The van der Waals surface area contributed by atoms with Crippen LogP contribution in [-0.4, -0.2) is 39.1 Å². The van der Waals surface area contributed by atoms with Gasteiger partial charge in [0.25, 0.3) is 5.65 Å². The molecule has 0 spiro atoms. The number of fused-ring (bicyclic) bond motifs is 4. The summed E-state index contributed by atoms with van der Waals surface area (Å²) in [6.07, 6.45) is 3.39. The third-order valence-electron chi connectivity index (χ3n) is 4.65. The quantitative estimate of drug-likeness (QED) is 0.420. The molecule has 0 fully saturated rings. The normalized spacial score (nSPS) is 12.0. The number of methoxy groups -OCH3 is 1. The first-order valence-electron chi connectivity index (χ1n) is 9.05. The van der Waals surface area contributed by atoms with Gasteiger partial charge in [0.2, 0.25) is 5.65 Å². The summed E-state index contributed by atoms with van der Waals surface area (Å²) < 4.78 is 8.34. The van der Waals surface area contributed by atoms with Gasteiger partial charge >= 0.3 is 5.56 Å². The van der Waals surface area contributed by atoms with Gasteiger partial charge in [-0.15, -0.1) is 21.1 Å². The summed E-state index contributed by atoms with van der Waals surface area (Å²) in [4.78, 5) is 26.9. The predicted molar refractivity (Wildman–Crippen MR) is 113 cm³/mol. The lowest BCUT2D eigenvalue weighted by atomic mass is 10.3. The van der Waals surface area contributed by atoms with Gasteiger partial charge in [0.1, 0.15) is 5.52 Å². The van der Waals surface area contributed by atoms with Crippen molar-refractivity contribution in [2.45, 2.75) is 6.54 Å². The van der Waals surface area contributed by atoms with E-state index in [0.29, 0.717) is 35.3 Å². The fourth-order valence-corrected chi connectivity index (χ4v) is 3.83. The highest BCUT2D eigenvalue weighted by atomic mass is 32.1. The molecule has 0 saturated carbocycles. The van der Waals surface area contributed by atoms with E-state index in [2.05, 4.69) is 10.1 Å². The molecule has 8 nitrogen and oxygen atoms in total. The highest BCUT2D eigenvalue weighted by Crippen LogP contribution is 2.23. The van der Waals surface area contributed by atoms with Gasteiger partial charge in [-0.1, -0.05) is 18.2 Å². The average Bonchev–Trinajstić information content (AvgIpc) is 3.36. The van der Waals surface area contributed by atoms with Gasteiger partial charge in [-0.3, -0.25) is 0 Å². The Hall–Kier alpha value is -3.43. The Morgan fingerprint density at radius 1 is 1.21 bits per heavy atom. The van der Waals surface area contributed by atoms with E-state index in [1.807, 2.05) is 41.8 Å². The molecule has 0 bridgehead atoms. The monoisotopic (exact) mass is 405 g/mol. The van der Waals surface area contributed by atoms with Crippen molar-refractivity contribution < 1.29 is 9.72 Å². The fourth-order valence-electron chi connectivity index (χ4n) is 3.25. The van der Waals surface area contributed by atoms with Gasteiger partial charge in [-0.05, 0) is 23.6 Å². The number of aromatic amines is 1. The summed E-state index contributed by atoms with van der Waals surface area (Å²) in [5, 5.41) is 7.05. The zero-order valence-corrected chi connectivity index (χ0v) is 16.4. The number of aromatic nitrogens is 5. The molecule has 0 aliphatic heterocycles. The maximum atomic E-state index is 13.2. The van der Waals surface area contributed by atoms with E-state index in [4.69, 9.17) is 14.7 Å². The summed E-state index contributed by atoms with van der Waals surface area (Å²) >= 11 is 1.58. The van der Waals surface area contributed by atoms with Crippen LogP contribution in [0.15, 0.2) is 58.0 Å². The van der Waals surface area contributed by atoms with Crippen LogP contribution in [0.25, 0.3) is 33.2 Å². The summed E-state index contributed by atoms with van der Waals surface area (Å²) in [7, 11) is 1.61. The Balaban J connectivity index is 1.84. The van der Waals surface area contributed by atoms with E-state index in [-0.39, 0.29) is 5.56 Å². The number of hydrogen-bond acceptors (Lipinski definition) is 6. The molecule has 0 unspecified atom stereocenters. The smallest absolute Gasteiger partial charge is 0.322 e. The lowest BCUT2D eigenvalue weighted by molar-refractivity contribution is -0.357. The largest absolute Gasteiger partial charge is 0.381 e. The zero-order chi connectivity index (χ0) is 19.8. The second-order valence-electron chi connectivity index (χ2n) is 6.44. The van der Waals surface area contributed by atoms with Crippen molar-refractivity contribution in [2.75, 3.05) is 13.7 Å².